The molecule has 8 nitrogen and oxygen atoms in total. The van der Waals surface area contributed by atoms with Gasteiger partial charge in [-0.05, 0) is 44.2 Å². The normalized spacial score (nSPS) is 11.1. The van der Waals surface area contributed by atoms with Crippen LogP contribution in [0.15, 0.2) is 82.3 Å². The Morgan fingerprint density at radius 2 is 1.76 bits per heavy atom. The molecule has 0 radical (unpaired) electrons. The zero-order chi connectivity index (χ0) is 24.1. The Bertz CT molecular complexity index is 1420. The summed E-state index contributed by atoms with van der Waals surface area (Å²) in [6.07, 6.45) is 5.39. The van der Waals surface area contributed by atoms with E-state index in [0.29, 0.717) is 29.7 Å². The maximum atomic E-state index is 13.1. The summed E-state index contributed by atoms with van der Waals surface area (Å²) < 4.78 is 7.00. The van der Waals surface area contributed by atoms with Crippen LogP contribution in [0.1, 0.15) is 29.8 Å². The minimum absolute atomic E-state index is 0.235. The van der Waals surface area contributed by atoms with E-state index in [9.17, 15) is 14.4 Å². The molecule has 0 spiro atoms. The molecule has 4 aromatic rings. The van der Waals surface area contributed by atoms with Crippen LogP contribution in [0.2, 0.25) is 0 Å². The summed E-state index contributed by atoms with van der Waals surface area (Å²) in [5, 5.41) is 7.54. The number of hydrogen-bond acceptors (Lipinski definition) is 5. The number of fused-ring (bicyclic) bond motifs is 1. The van der Waals surface area contributed by atoms with Crippen molar-refractivity contribution in [3.05, 3.63) is 94.5 Å². The number of amides is 2. The fourth-order valence-electron chi connectivity index (χ4n) is 3.60. The number of benzene rings is 2. The molecule has 0 fully saturated rings. The van der Waals surface area contributed by atoms with Gasteiger partial charge in [-0.15, -0.1) is 0 Å². The molecule has 0 atom stereocenters. The highest BCUT2D eigenvalue weighted by molar-refractivity contribution is 6.07. The standard InChI is InChI=1S/C26H24N4O4/c1-3-29(4-2)26(33)21-16-27-30(19-10-6-5-7-11-19)25(21)28-23(31)15-14-18-17-34-22-13-9-8-12-20(22)24(18)32/h5-17H,3-4H2,1-2H3,(H,28,31)/b15-14+. The average molecular weight is 457 g/mol. The van der Waals surface area contributed by atoms with Crippen molar-refractivity contribution in [1.29, 1.82) is 0 Å². The predicted octanol–water partition coefficient (Wildman–Crippen LogP) is 4.11. The topological polar surface area (TPSA) is 97.4 Å². The SMILES string of the molecule is CCN(CC)C(=O)c1cnn(-c2ccccc2)c1NC(=O)/C=C/c1coc2ccccc2c1=O. The Kier molecular flexibility index (Phi) is 6.68. The summed E-state index contributed by atoms with van der Waals surface area (Å²) in [5.74, 6) is -0.497. The molecule has 34 heavy (non-hydrogen) atoms. The smallest absolute Gasteiger partial charge is 0.259 e. The molecule has 0 saturated carbocycles. The molecule has 172 valence electrons. The predicted molar refractivity (Wildman–Crippen MR) is 131 cm³/mol. The van der Waals surface area contributed by atoms with E-state index in [0.717, 1.165) is 0 Å². The van der Waals surface area contributed by atoms with E-state index in [4.69, 9.17) is 4.42 Å². The molecule has 2 aromatic heterocycles. The number of aromatic nitrogens is 2. The van der Waals surface area contributed by atoms with Gasteiger partial charge in [0.15, 0.2) is 5.43 Å². The number of rotatable bonds is 7. The van der Waals surface area contributed by atoms with Crippen molar-refractivity contribution in [1.82, 2.24) is 14.7 Å². The molecule has 4 rings (SSSR count). The lowest BCUT2D eigenvalue weighted by Crippen LogP contribution is -2.31. The molecule has 0 bridgehead atoms. The van der Waals surface area contributed by atoms with Gasteiger partial charge in [0, 0.05) is 19.2 Å². The van der Waals surface area contributed by atoms with Crippen molar-refractivity contribution in [2.24, 2.45) is 0 Å². The maximum absolute atomic E-state index is 13.1. The van der Waals surface area contributed by atoms with E-state index >= 15 is 0 Å². The number of hydrogen-bond donors (Lipinski definition) is 1. The van der Waals surface area contributed by atoms with Gasteiger partial charge in [0.2, 0.25) is 5.91 Å². The largest absolute Gasteiger partial charge is 0.463 e. The number of para-hydroxylation sites is 2. The molecule has 8 heteroatoms. The van der Waals surface area contributed by atoms with Crippen molar-refractivity contribution >= 4 is 34.7 Å². The molecule has 2 heterocycles. The van der Waals surface area contributed by atoms with Crippen molar-refractivity contribution in [2.45, 2.75) is 13.8 Å². The zero-order valence-electron chi connectivity index (χ0n) is 18.9. The van der Waals surface area contributed by atoms with Gasteiger partial charge in [-0.1, -0.05) is 30.3 Å². The highest BCUT2D eigenvalue weighted by Gasteiger charge is 2.23. The Morgan fingerprint density at radius 3 is 2.50 bits per heavy atom. The molecule has 0 aliphatic rings. The van der Waals surface area contributed by atoms with E-state index in [-0.39, 0.29) is 28.3 Å². The molecular formula is C26H24N4O4. The van der Waals surface area contributed by atoms with E-state index in [1.165, 1.54) is 29.3 Å². The Labute approximate surface area is 196 Å². The third kappa shape index (κ3) is 4.52. The van der Waals surface area contributed by atoms with Gasteiger partial charge in [0.05, 0.1) is 22.8 Å². The lowest BCUT2D eigenvalue weighted by atomic mass is 10.1. The number of nitrogens with one attached hydrogen (secondary N) is 1. The van der Waals surface area contributed by atoms with Crippen molar-refractivity contribution in [3.8, 4) is 5.69 Å². The van der Waals surface area contributed by atoms with Crippen LogP contribution in [0.5, 0.6) is 0 Å². The molecule has 0 unspecified atom stereocenters. The summed E-state index contributed by atoms with van der Waals surface area (Å²) in [4.78, 5) is 40.2. The highest BCUT2D eigenvalue weighted by Crippen LogP contribution is 2.22. The van der Waals surface area contributed by atoms with Crippen LogP contribution in [0.4, 0.5) is 5.82 Å². The molecule has 0 aliphatic heterocycles. The van der Waals surface area contributed by atoms with Gasteiger partial charge in [0.25, 0.3) is 5.91 Å². The molecule has 0 saturated heterocycles. The summed E-state index contributed by atoms with van der Waals surface area (Å²) in [6, 6.07) is 16.1. The van der Waals surface area contributed by atoms with Gasteiger partial charge in [-0.2, -0.15) is 5.10 Å². The van der Waals surface area contributed by atoms with Gasteiger partial charge in [-0.25, -0.2) is 4.68 Å². The van der Waals surface area contributed by atoms with Gasteiger partial charge < -0.3 is 14.6 Å². The minimum atomic E-state index is -0.515. The molecule has 2 aromatic carbocycles. The third-order valence-corrected chi connectivity index (χ3v) is 5.41. The van der Waals surface area contributed by atoms with Crippen molar-refractivity contribution in [3.63, 3.8) is 0 Å². The second kappa shape index (κ2) is 9.99. The lowest BCUT2D eigenvalue weighted by molar-refractivity contribution is -0.111. The summed E-state index contributed by atoms with van der Waals surface area (Å²) in [6.45, 7) is 4.83. The van der Waals surface area contributed by atoms with Gasteiger partial charge >= 0.3 is 0 Å². The highest BCUT2D eigenvalue weighted by atomic mass is 16.3. The Hall–Kier alpha value is -4.46. The van der Waals surface area contributed by atoms with Crippen LogP contribution in [-0.4, -0.2) is 39.6 Å². The molecule has 0 aliphatic carbocycles. The summed E-state index contributed by atoms with van der Waals surface area (Å²) >= 11 is 0. The molecule has 1 N–H and O–H groups in total. The van der Waals surface area contributed by atoms with Gasteiger partial charge in [0.1, 0.15) is 23.2 Å². The average Bonchev–Trinajstić information content (AvgIpc) is 3.28. The first-order valence-electron chi connectivity index (χ1n) is 11.0. The Morgan fingerprint density at radius 1 is 1.06 bits per heavy atom. The summed E-state index contributed by atoms with van der Waals surface area (Å²) in [5.41, 5.74) is 1.44. The van der Waals surface area contributed by atoms with Crippen LogP contribution in [0.3, 0.4) is 0 Å². The van der Waals surface area contributed by atoms with E-state index in [2.05, 4.69) is 10.4 Å². The van der Waals surface area contributed by atoms with Crippen LogP contribution in [0, 0.1) is 0 Å². The van der Waals surface area contributed by atoms with E-state index < -0.39 is 5.91 Å². The zero-order valence-corrected chi connectivity index (χ0v) is 18.9. The van der Waals surface area contributed by atoms with Crippen LogP contribution < -0.4 is 10.7 Å². The number of carbonyl (C=O) groups excluding carboxylic acids is 2. The quantitative estimate of drug-likeness (QED) is 0.422. The lowest BCUT2D eigenvalue weighted by Gasteiger charge is -2.19. The van der Waals surface area contributed by atoms with Crippen LogP contribution in [0.25, 0.3) is 22.7 Å². The van der Waals surface area contributed by atoms with Crippen molar-refractivity contribution in [2.75, 3.05) is 18.4 Å². The van der Waals surface area contributed by atoms with Gasteiger partial charge in [-0.3, -0.25) is 14.4 Å². The number of carbonyl (C=O) groups is 2. The maximum Gasteiger partial charge on any atom is 0.259 e. The number of anilines is 1. The van der Waals surface area contributed by atoms with E-state index in [1.807, 2.05) is 44.2 Å². The fourth-order valence-corrected chi connectivity index (χ4v) is 3.60. The second-order valence-corrected chi connectivity index (χ2v) is 7.47. The second-order valence-electron chi connectivity index (χ2n) is 7.47. The Balaban J connectivity index is 1.66. The van der Waals surface area contributed by atoms with Crippen LogP contribution in [-0.2, 0) is 4.79 Å². The minimum Gasteiger partial charge on any atom is -0.463 e. The molecular weight excluding hydrogens is 432 g/mol. The molecule has 2 amide bonds. The first kappa shape index (κ1) is 22.7. The number of nitrogens with zero attached hydrogens (tertiary/aromatic N) is 3. The van der Waals surface area contributed by atoms with Crippen LogP contribution >= 0.6 is 0 Å². The monoisotopic (exact) mass is 456 g/mol. The van der Waals surface area contributed by atoms with E-state index in [1.54, 1.807) is 29.2 Å². The first-order chi connectivity index (χ1) is 16.5. The summed E-state index contributed by atoms with van der Waals surface area (Å²) in [7, 11) is 0. The van der Waals surface area contributed by atoms with Crippen molar-refractivity contribution < 1.29 is 14.0 Å². The third-order valence-electron chi connectivity index (χ3n) is 5.41. The fraction of sp³-hybridized carbons (Fsp3) is 0.154. The first-order valence-corrected chi connectivity index (χ1v) is 11.0.